The largest absolute Gasteiger partial charge is 0.536 e. The Morgan fingerprint density at radius 2 is 0.851 bits per heavy atom. The van der Waals surface area contributed by atoms with Gasteiger partial charge in [0.25, 0.3) is 0 Å². The molecule has 5 aromatic rings. The topological polar surface area (TPSA) is 177 Å². The van der Waals surface area contributed by atoms with Crippen LogP contribution in [0, 0.1) is 0 Å². The van der Waals surface area contributed by atoms with Crippen LogP contribution in [-0.4, -0.2) is 58.4 Å². The van der Waals surface area contributed by atoms with Gasteiger partial charge in [-0.15, -0.1) is 0 Å². The van der Waals surface area contributed by atoms with Crippen molar-refractivity contribution < 1.29 is 56.7 Å². The second-order valence-corrected chi connectivity index (χ2v) is 29.0. The van der Waals surface area contributed by atoms with Gasteiger partial charge in [0.2, 0.25) is 0 Å². The summed E-state index contributed by atoms with van der Waals surface area (Å²) in [5.74, 6) is 0.933. The number of epoxide rings is 2. The van der Waals surface area contributed by atoms with Gasteiger partial charge in [0.15, 0.2) is 0 Å². The molecular weight excluding hydrogens is 975 g/mol. The molecular formula is C60H80O12P2. The Labute approximate surface area is 440 Å². The first-order valence-electron chi connectivity index (χ1n) is 25.6. The molecule has 12 nitrogen and oxygen atoms in total. The Morgan fingerprint density at radius 1 is 0.473 bits per heavy atom. The number of hydrogen-bond acceptors (Lipinski definition) is 9. The lowest BCUT2D eigenvalue weighted by atomic mass is 9.70. The summed E-state index contributed by atoms with van der Waals surface area (Å²) in [5, 5.41) is 12.5. The number of hydrogen-bond donors (Lipinski definition) is 4. The zero-order chi connectivity index (χ0) is 55.1. The summed E-state index contributed by atoms with van der Waals surface area (Å²) in [4.78, 5) is 30.6. The molecule has 14 heteroatoms. The van der Waals surface area contributed by atoms with E-state index in [-0.39, 0.29) is 50.9 Å². The van der Waals surface area contributed by atoms with Crippen molar-refractivity contribution in [3.05, 3.63) is 106 Å². The molecule has 74 heavy (non-hydrogen) atoms. The predicted molar refractivity (Wildman–Crippen MR) is 296 cm³/mol. The summed E-state index contributed by atoms with van der Waals surface area (Å²) in [6.07, 6.45) is 0.148. The maximum absolute atomic E-state index is 13.7. The van der Waals surface area contributed by atoms with E-state index in [1.54, 1.807) is 6.07 Å². The lowest BCUT2D eigenvalue weighted by Crippen LogP contribution is -2.21. The van der Waals surface area contributed by atoms with Gasteiger partial charge < -0.3 is 38.4 Å². The van der Waals surface area contributed by atoms with Crippen molar-refractivity contribution in [1.29, 1.82) is 0 Å². The molecule has 3 atom stereocenters. The number of ether oxygens (including phenoxy) is 4. The Balaban J connectivity index is 1.59. The molecule has 0 bridgehead atoms. The third-order valence-corrected chi connectivity index (χ3v) is 15.5. The van der Waals surface area contributed by atoms with Crippen LogP contribution in [0.5, 0.6) is 23.0 Å². The molecule has 3 unspecified atom stereocenters. The van der Waals surface area contributed by atoms with Crippen molar-refractivity contribution >= 4 is 15.6 Å². The minimum absolute atomic E-state index is 0.0649. The van der Waals surface area contributed by atoms with E-state index in [9.17, 15) is 28.9 Å². The van der Waals surface area contributed by atoms with Crippen LogP contribution in [0.3, 0.4) is 0 Å². The van der Waals surface area contributed by atoms with Gasteiger partial charge in [-0.2, -0.15) is 4.31 Å². The molecule has 2 saturated heterocycles. The molecule has 2 heterocycles. The molecule has 0 spiro atoms. The number of aromatic hydroxyl groups is 1. The SMILES string of the molecule is CC(C)(C)c1cc(-c2c(C(C)(C)C)ccc(-c3cc(-c4ccc(C(C)(C)C)c(-c5ccc(OCC6CO6)c(C(C)(C)C)c5)c4C(C)(C)C)c(OP(=O)(O)OP(=O)(O)O)cc3O)c2C(C)(C)C)ccc1OCC1CO1. The van der Waals surface area contributed by atoms with E-state index in [0.29, 0.717) is 43.1 Å². The van der Waals surface area contributed by atoms with Gasteiger partial charge in [0.1, 0.15) is 48.4 Å². The number of benzene rings is 5. The molecule has 2 aliphatic rings. The van der Waals surface area contributed by atoms with E-state index in [1.165, 1.54) is 6.07 Å². The van der Waals surface area contributed by atoms with E-state index < -0.39 is 26.5 Å². The van der Waals surface area contributed by atoms with Crippen molar-refractivity contribution in [1.82, 2.24) is 0 Å². The molecule has 0 saturated carbocycles. The molecule has 0 aromatic heterocycles. The molecule has 2 aliphatic heterocycles. The number of phenolic OH excluding ortho intramolecular Hbond substituents is 1. The van der Waals surface area contributed by atoms with Crippen molar-refractivity contribution in [2.45, 2.75) is 169 Å². The average Bonchev–Trinajstić information content (AvgIpc) is 4.18. The maximum atomic E-state index is 13.7. The summed E-state index contributed by atoms with van der Waals surface area (Å²) < 4.78 is 59.7. The van der Waals surface area contributed by atoms with Crippen molar-refractivity contribution in [2.75, 3.05) is 26.4 Å². The zero-order valence-corrected chi connectivity index (χ0v) is 48.6. The van der Waals surface area contributed by atoms with Crippen molar-refractivity contribution in [3.63, 3.8) is 0 Å². The van der Waals surface area contributed by atoms with Gasteiger partial charge in [0.05, 0.1) is 13.2 Å². The smallest absolute Gasteiger partial charge is 0.507 e. The summed E-state index contributed by atoms with van der Waals surface area (Å²) in [6.45, 7) is 41.0. The monoisotopic (exact) mass is 1050 g/mol. The van der Waals surface area contributed by atoms with Crippen LogP contribution in [0.15, 0.2) is 72.8 Å². The highest BCUT2D eigenvalue weighted by atomic mass is 31.3. The first-order valence-corrected chi connectivity index (χ1v) is 28.6. The molecule has 4 N–H and O–H groups in total. The fourth-order valence-electron chi connectivity index (χ4n) is 9.90. The fourth-order valence-corrected chi connectivity index (χ4v) is 11.5. The first kappa shape index (κ1) is 57.2. The van der Waals surface area contributed by atoms with Gasteiger partial charge in [-0.1, -0.05) is 161 Å². The van der Waals surface area contributed by atoms with E-state index >= 15 is 0 Å². The highest BCUT2D eigenvalue weighted by molar-refractivity contribution is 7.60. The van der Waals surface area contributed by atoms with Crippen LogP contribution in [0.2, 0.25) is 0 Å². The van der Waals surface area contributed by atoms with Gasteiger partial charge in [-0.25, -0.2) is 9.13 Å². The average molecular weight is 1060 g/mol. The zero-order valence-electron chi connectivity index (χ0n) is 46.9. The number of phosphoric acid groups is 2. The van der Waals surface area contributed by atoms with E-state index in [0.717, 1.165) is 67.1 Å². The molecule has 0 aliphatic carbocycles. The number of rotatable bonds is 14. The van der Waals surface area contributed by atoms with E-state index in [2.05, 4.69) is 165 Å². The van der Waals surface area contributed by atoms with Crippen LogP contribution < -0.4 is 14.0 Å². The van der Waals surface area contributed by atoms with Gasteiger partial charge in [0, 0.05) is 28.3 Å². The Hall–Kier alpha value is -4.48. The standard InChI is InChI=1S/C60H80O12P2/c1-55(2,3)43-23-21-39(53(59(13,14)15)51(43)35-19-25-48(69-33-37-31-67-37)45(27-35)57(7,8)9)41-29-42(50(30-47(41)61)71-74(65,66)72-73(62,63)64)40-22-24-44(56(4,5)6)52(54(40)60(16,17)18)36-20-26-49(70-34-38-32-68-38)46(28-36)58(10,11)12/h19-30,37-38,61H,31-34H2,1-18H3,(H,65,66)(H2,62,63,64). The minimum Gasteiger partial charge on any atom is -0.507 e. The quantitative estimate of drug-likeness (QED) is 0.0612. The summed E-state index contributed by atoms with van der Waals surface area (Å²) in [5.41, 5.74) is 9.27. The summed E-state index contributed by atoms with van der Waals surface area (Å²) in [7, 11) is -11.1. The van der Waals surface area contributed by atoms with Crippen LogP contribution in [-0.2, 0) is 55.4 Å². The van der Waals surface area contributed by atoms with Crippen LogP contribution in [0.25, 0.3) is 44.5 Å². The van der Waals surface area contributed by atoms with Crippen LogP contribution in [0.4, 0.5) is 0 Å². The number of phenols is 1. The van der Waals surface area contributed by atoms with E-state index in [4.69, 9.17) is 23.5 Å². The summed E-state index contributed by atoms with van der Waals surface area (Å²) in [6, 6.07) is 23.8. The van der Waals surface area contributed by atoms with Crippen molar-refractivity contribution in [2.24, 2.45) is 0 Å². The number of phosphoric ester groups is 1. The Morgan fingerprint density at radius 3 is 1.19 bits per heavy atom. The van der Waals surface area contributed by atoms with Gasteiger partial charge in [-0.05, 0) is 118 Å². The first-order chi connectivity index (χ1) is 33.7. The molecule has 5 aromatic carbocycles. The van der Waals surface area contributed by atoms with Crippen molar-refractivity contribution in [3.8, 4) is 67.5 Å². The normalized spacial score (nSPS) is 17.5. The molecule has 0 radical (unpaired) electrons. The van der Waals surface area contributed by atoms with Gasteiger partial charge >= 0.3 is 15.6 Å². The third-order valence-electron chi connectivity index (χ3n) is 13.4. The molecule has 2 fully saturated rings. The van der Waals surface area contributed by atoms with Crippen LogP contribution >= 0.6 is 15.6 Å². The van der Waals surface area contributed by atoms with Crippen LogP contribution in [0.1, 0.15) is 158 Å². The Kier molecular flexibility index (Phi) is 15.3. The molecule has 402 valence electrons. The minimum atomic E-state index is -5.55. The molecule has 7 rings (SSSR count). The third kappa shape index (κ3) is 13.2. The predicted octanol–water partition coefficient (Wildman–Crippen LogP) is 15.0. The summed E-state index contributed by atoms with van der Waals surface area (Å²) >= 11 is 0. The Bertz CT molecular complexity index is 3030. The van der Waals surface area contributed by atoms with E-state index in [1.807, 2.05) is 24.3 Å². The lowest BCUT2D eigenvalue weighted by molar-refractivity contribution is 0.229. The molecule has 0 amide bonds. The highest BCUT2D eigenvalue weighted by Crippen LogP contribution is 2.60. The highest BCUT2D eigenvalue weighted by Gasteiger charge is 2.39. The lowest BCUT2D eigenvalue weighted by Gasteiger charge is -2.34. The van der Waals surface area contributed by atoms with Gasteiger partial charge in [-0.3, -0.25) is 4.89 Å². The second-order valence-electron chi connectivity index (χ2n) is 26.3. The maximum Gasteiger partial charge on any atom is 0.536 e. The fraction of sp³-hybridized carbons (Fsp3) is 0.500. The second kappa shape index (κ2) is 19.8.